The molecule has 1 aliphatic heterocycles. The van der Waals surface area contributed by atoms with Gasteiger partial charge in [0, 0.05) is 19.2 Å². The van der Waals surface area contributed by atoms with Crippen LogP contribution >= 0.6 is 0 Å². The van der Waals surface area contributed by atoms with Crippen LogP contribution in [0.1, 0.15) is 0 Å². The molecule has 5 nitrogen and oxygen atoms in total. The minimum atomic E-state index is -0.144. The molecule has 1 aliphatic rings. The first kappa shape index (κ1) is 12.0. The van der Waals surface area contributed by atoms with Crippen molar-refractivity contribution in [3.8, 4) is 5.75 Å². The van der Waals surface area contributed by atoms with Gasteiger partial charge >= 0.3 is 0 Å². The minimum Gasteiger partial charge on any atom is -0.497 e. The Bertz CT molecular complexity index is 384. The van der Waals surface area contributed by atoms with Gasteiger partial charge in [-0.2, -0.15) is 0 Å². The van der Waals surface area contributed by atoms with E-state index in [0.717, 1.165) is 18.0 Å². The van der Waals surface area contributed by atoms with Crippen molar-refractivity contribution in [2.75, 3.05) is 44.0 Å². The van der Waals surface area contributed by atoms with Crippen molar-refractivity contribution in [1.29, 1.82) is 0 Å². The van der Waals surface area contributed by atoms with Crippen LogP contribution in [-0.2, 0) is 4.74 Å². The maximum Gasteiger partial charge on any atom is 0.121 e. The van der Waals surface area contributed by atoms with E-state index in [-0.39, 0.29) is 12.7 Å². The van der Waals surface area contributed by atoms with Gasteiger partial charge in [0.15, 0.2) is 0 Å². The molecule has 0 aliphatic carbocycles. The van der Waals surface area contributed by atoms with Crippen LogP contribution in [0.15, 0.2) is 18.2 Å². The number of aliphatic hydroxyl groups is 1. The first-order valence-electron chi connectivity index (χ1n) is 5.65. The molecule has 0 aromatic heterocycles. The minimum absolute atomic E-state index is 0.0281. The SMILES string of the molecule is COc1ccc(N)c(N2CCOC(CO)C2)c1. The quantitative estimate of drug-likeness (QED) is 0.749. The highest BCUT2D eigenvalue weighted by Gasteiger charge is 2.21. The number of aliphatic hydroxyl groups excluding tert-OH is 1. The summed E-state index contributed by atoms with van der Waals surface area (Å²) < 4.78 is 10.6. The van der Waals surface area contributed by atoms with Crippen molar-refractivity contribution in [2.45, 2.75) is 6.10 Å². The molecular weight excluding hydrogens is 220 g/mol. The second-order valence-electron chi connectivity index (χ2n) is 4.05. The van der Waals surface area contributed by atoms with Crippen LogP contribution in [0.25, 0.3) is 0 Å². The molecule has 94 valence electrons. The first-order valence-corrected chi connectivity index (χ1v) is 5.65. The van der Waals surface area contributed by atoms with Gasteiger partial charge in [-0.15, -0.1) is 0 Å². The molecule has 1 aromatic rings. The number of methoxy groups -OCH3 is 1. The van der Waals surface area contributed by atoms with E-state index in [0.29, 0.717) is 18.8 Å². The van der Waals surface area contributed by atoms with E-state index in [9.17, 15) is 0 Å². The predicted molar refractivity (Wildman–Crippen MR) is 66.4 cm³/mol. The van der Waals surface area contributed by atoms with Crippen LogP contribution in [0.2, 0.25) is 0 Å². The van der Waals surface area contributed by atoms with Gasteiger partial charge in [0.25, 0.3) is 0 Å². The molecule has 1 heterocycles. The van der Waals surface area contributed by atoms with E-state index >= 15 is 0 Å². The lowest BCUT2D eigenvalue weighted by molar-refractivity contribution is 0.00360. The summed E-state index contributed by atoms with van der Waals surface area (Å²) in [6.45, 7) is 2.05. The molecule has 0 amide bonds. The molecule has 0 radical (unpaired) electrons. The molecule has 0 spiro atoms. The average Bonchev–Trinajstić information content (AvgIpc) is 2.39. The summed E-state index contributed by atoms with van der Waals surface area (Å²) in [4.78, 5) is 2.11. The Kier molecular flexibility index (Phi) is 3.71. The number of nitrogens with zero attached hydrogens (tertiary/aromatic N) is 1. The standard InChI is InChI=1S/C12H18N2O3/c1-16-9-2-3-11(13)12(6-9)14-4-5-17-10(7-14)8-15/h2-3,6,10,15H,4-5,7-8,13H2,1H3. The van der Waals surface area contributed by atoms with Crippen LogP contribution in [0.4, 0.5) is 11.4 Å². The number of rotatable bonds is 3. The van der Waals surface area contributed by atoms with Crippen molar-refractivity contribution in [2.24, 2.45) is 0 Å². The summed E-state index contributed by atoms with van der Waals surface area (Å²) >= 11 is 0. The zero-order chi connectivity index (χ0) is 12.3. The molecule has 1 fully saturated rings. The van der Waals surface area contributed by atoms with Crippen LogP contribution in [-0.4, -0.2) is 44.6 Å². The van der Waals surface area contributed by atoms with E-state index in [2.05, 4.69) is 4.90 Å². The lowest BCUT2D eigenvalue weighted by Crippen LogP contribution is -2.44. The topological polar surface area (TPSA) is 68.0 Å². The Labute approximate surface area is 101 Å². The number of nitrogens with two attached hydrogens (primary N) is 1. The Morgan fingerprint density at radius 3 is 3.12 bits per heavy atom. The molecular formula is C12H18N2O3. The van der Waals surface area contributed by atoms with Gasteiger partial charge in [-0.1, -0.05) is 0 Å². The van der Waals surface area contributed by atoms with Gasteiger partial charge in [-0.05, 0) is 12.1 Å². The lowest BCUT2D eigenvalue weighted by Gasteiger charge is -2.34. The third kappa shape index (κ3) is 2.62. The summed E-state index contributed by atoms with van der Waals surface area (Å²) in [5.41, 5.74) is 7.61. The number of ether oxygens (including phenoxy) is 2. The van der Waals surface area contributed by atoms with E-state index < -0.39 is 0 Å². The highest BCUT2D eigenvalue weighted by molar-refractivity contribution is 5.69. The fourth-order valence-electron chi connectivity index (χ4n) is 1.97. The van der Waals surface area contributed by atoms with Gasteiger partial charge in [-0.3, -0.25) is 0 Å². The van der Waals surface area contributed by atoms with Crippen molar-refractivity contribution in [3.05, 3.63) is 18.2 Å². The molecule has 1 aromatic carbocycles. The highest BCUT2D eigenvalue weighted by Crippen LogP contribution is 2.29. The predicted octanol–water partition coefficient (Wildman–Crippen LogP) is 0.475. The van der Waals surface area contributed by atoms with Crippen LogP contribution in [0, 0.1) is 0 Å². The van der Waals surface area contributed by atoms with E-state index in [4.69, 9.17) is 20.3 Å². The monoisotopic (exact) mass is 238 g/mol. The van der Waals surface area contributed by atoms with Gasteiger partial charge in [0.05, 0.1) is 37.8 Å². The van der Waals surface area contributed by atoms with E-state index in [1.807, 2.05) is 18.2 Å². The number of hydrogen-bond acceptors (Lipinski definition) is 5. The molecule has 0 saturated carbocycles. The van der Waals surface area contributed by atoms with Gasteiger partial charge < -0.3 is 25.2 Å². The number of morpholine rings is 1. The average molecular weight is 238 g/mol. The lowest BCUT2D eigenvalue weighted by atomic mass is 10.2. The second-order valence-corrected chi connectivity index (χ2v) is 4.05. The molecule has 2 rings (SSSR count). The summed E-state index contributed by atoms with van der Waals surface area (Å²) in [7, 11) is 1.63. The van der Waals surface area contributed by atoms with Crippen molar-refractivity contribution >= 4 is 11.4 Å². The molecule has 1 saturated heterocycles. The van der Waals surface area contributed by atoms with Crippen LogP contribution in [0.3, 0.4) is 0 Å². The number of benzene rings is 1. The molecule has 3 N–H and O–H groups in total. The summed E-state index contributed by atoms with van der Waals surface area (Å²) in [6.07, 6.45) is -0.144. The Morgan fingerprint density at radius 2 is 2.41 bits per heavy atom. The Morgan fingerprint density at radius 1 is 1.59 bits per heavy atom. The number of anilines is 2. The molecule has 17 heavy (non-hydrogen) atoms. The van der Waals surface area contributed by atoms with Gasteiger partial charge in [0.2, 0.25) is 0 Å². The van der Waals surface area contributed by atoms with Crippen LogP contribution in [0.5, 0.6) is 5.75 Å². The van der Waals surface area contributed by atoms with Gasteiger partial charge in [-0.25, -0.2) is 0 Å². The zero-order valence-corrected chi connectivity index (χ0v) is 9.93. The second kappa shape index (κ2) is 5.25. The first-order chi connectivity index (χ1) is 8.24. The van der Waals surface area contributed by atoms with Crippen molar-refractivity contribution in [1.82, 2.24) is 0 Å². The van der Waals surface area contributed by atoms with Crippen molar-refractivity contribution < 1.29 is 14.6 Å². The third-order valence-electron chi connectivity index (χ3n) is 2.92. The van der Waals surface area contributed by atoms with E-state index in [1.165, 1.54) is 0 Å². The van der Waals surface area contributed by atoms with Crippen LogP contribution < -0.4 is 15.4 Å². The Balaban J connectivity index is 2.20. The van der Waals surface area contributed by atoms with Crippen molar-refractivity contribution in [3.63, 3.8) is 0 Å². The fraction of sp³-hybridized carbons (Fsp3) is 0.500. The zero-order valence-electron chi connectivity index (χ0n) is 9.93. The Hall–Kier alpha value is -1.46. The summed E-state index contributed by atoms with van der Waals surface area (Å²) in [5, 5.41) is 9.12. The normalized spacial score (nSPS) is 20.4. The third-order valence-corrected chi connectivity index (χ3v) is 2.92. The smallest absolute Gasteiger partial charge is 0.121 e. The summed E-state index contributed by atoms with van der Waals surface area (Å²) in [6, 6.07) is 5.58. The highest BCUT2D eigenvalue weighted by atomic mass is 16.5. The number of hydrogen-bond donors (Lipinski definition) is 2. The number of nitrogen functional groups attached to an aromatic ring is 1. The van der Waals surface area contributed by atoms with E-state index in [1.54, 1.807) is 7.11 Å². The fourth-order valence-corrected chi connectivity index (χ4v) is 1.97. The largest absolute Gasteiger partial charge is 0.497 e. The summed E-state index contributed by atoms with van der Waals surface area (Å²) in [5.74, 6) is 0.779. The molecule has 5 heteroatoms. The maximum atomic E-state index is 9.12. The molecule has 0 bridgehead atoms. The maximum absolute atomic E-state index is 9.12. The molecule has 1 atom stereocenters. The van der Waals surface area contributed by atoms with Gasteiger partial charge in [0.1, 0.15) is 5.75 Å². The molecule has 1 unspecified atom stereocenters.